The van der Waals surface area contributed by atoms with Crippen molar-refractivity contribution in [1.29, 1.82) is 0 Å². The fraction of sp³-hybridized carbons (Fsp3) is 0.810. The van der Waals surface area contributed by atoms with Gasteiger partial charge in [0, 0.05) is 36.5 Å². The number of halogens is 3. The second-order valence-electron chi connectivity index (χ2n) is 10.2. The van der Waals surface area contributed by atoms with Crippen molar-refractivity contribution >= 4 is 11.7 Å². The highest BCUT2D eigenvalue weighted by Gasteiger charge is 2.49. The smallest absolute Gasteiger partial charge is 0.367 e. The summed E-state index contributed by atoms with van der Waals surface area (Å²) in [7, 11) is 0. The molecule has 0 bridgehead atoms. The lowest BCUT2D eigenvalue weighted by Gasteiger charge is -2.41. The van der Waals surface area contributed by atoms with E-state index in [-0.39, 0.29) is 35.6 Å². The summed E-state index contributed by atoms with van der Waals surface area (Å²) >= 11 is 0. The van der Waals surface area contributed by atoms with Gasteiger partial charge in [-0.15, -0.1) is 0 Å². The first-order chi connectivity index (χ1) is 13.4. The Balaban J connectivity index is 1.55. The van der Waals surface area contributed by atoms with Crippen molar-refractivity contribution in [2.75, 3.05) is 18.4 Å². The number of hydrogen-bond donors (Lipinski definition) is 1. The van der Waals surface area contributed by atoms with E-state index in [4.69, 9.17) is 0 Å². The van der Waals surface area contributed by atoms with Crippen LogP contribution in [0.25, 0.3) is 0 Å². The van der Waals surface area contributed by atoms with Gasteiger partial charge in [-0.2, -0.15) is 18.3 Å². The molecule has 1 amide bonds. The molecular weight excluding hydrogens is 381 g/mol. The molecule has 0 aromatic carbocycles. The van der Waals surface area contributed by atoms with E-state index in [1.54, 1.807) is 6.07 Å². The average Bonchev–Trinajstić information content (AvgIpc) is 3.19. The second-order valence-corrected chi connectivity index (χ2v) is 10.2. The number of anilines is 1. The fourth-order valence-electron chi connectivity index (χ4n) is 4.72. The largest absolute Gasteiger partial charge is 0.410 e. The molecule has 0 radical (unpaired) electrons. The summed E-state index contributed by atoms with van der Waals surface area (Å²) in [5.41, 5.74) is 0.324. The van der Waals surface area contributed by atoms with Crippen LogP contribution in [-0.4, -0.2) is 45.9 Å². The minimum Gasteiger partial charge on any atom is -0.367 e. The fourth-order valence-corrected chi connectivity index (χ4v) is 4.72. The second kappa shape index (κ2) is 6.91. The van der Waals surface area contributed by atoms with E-state index in [9.17, 15) is 18.0 Å². The topological polar surface area (TPSA) is 50.2 Å². The summed E-state index contributed by atoms with van der Waals surface area (Å²) in [5, 5.41) is 7.64. The molecule has 5 nitrogen and oxygen atoms in total. The van der Waals surface area contributed by atoms with E-state index in [0.717, 1.165) is 30.5 Å². The Labute approximate surface area is 170 Å². The molecule has 3 aliphatic rings. The van der Waals surface area contributed by atoms with Crippen LogP contribution < -0.4 is 5.32 Å². The van der Waals surface area contributed by atoms with E-state index in [1.165, 1.54) is 0 Å². The van der Waals surface area contributed by atoms with Crippen molar-refractivity contribution in [3.05, 3.63) is 11.8 Å². The highest BCUT2D eigenvalue weighted by atomic mass is 19.4. The van der Waals surface area contributed by atoms with Crippen molar-refractivity contribution in [2.24, 2.45) is 17.8 Å². The van der Waals surface area contributed by atoms with Crippen molar-refractivity contribution < 1.29 is 18.0 Å². The van der Waals surface area contributed by atoms with Gasteiger partial charge in [0.05, 0.1) is 5.69 Å². The first kappa shape index (κ1) is 20.5. The molecule has 2 fully saturated rings. The lowest BCUT2D eigenvalue weighted by Crippen LogP contribution is -2.49. The summed E-state index contributed by atoms with van der Waals surface area (Å²) < 4.78 is 42.7. The minimum absolute atomic E-state index is 0.0216. The zero-order valence-electron chi connectivity index (χ0n) is 17.6. The zero-order chi connectivity index (χ0) is 21.1. The van der Waals surface area contributed by atoms with Gasteiger partial charge in [-0.25, -0.2) is 4.68 Å². The molecule has 1 aromatic heterocycles. The lowest BCUT2D eigenvalue weighted by atomic mass is 9.85. The predicted octanol–water partition coefficient (Wildman–Crippen LogP) is 4.36. The van der Waals surface area contributed by atoms with Crippen molar-refractivity contribution in [1.82, 2.24) is 14.7 Å². The number of hydrogen-bond acceptors (Lipinski definition) is 3. The number of amides is 1. The molecule has 5 atom stereocenters. The van der Waals surface area contributed by atoms with E-state index >= 15 is 0 Å². The van der Waals surface area contributed by atoms with Gasteiger partial charge < -0.3 is 10.2 Å². The molecular formula is C21H31F3N4O. The van der Waals surface area contributed by atoms with Crippen molar-refractivity contribution in [3.8, 4) is 0 Å². The Morgan fingerprint density at radius 1 is 1.24 bits per heavy atom. The molecule has 3 heterocycles. The van der Waals surface area contributed by atoms with Crippen LogP contribution in [0.4, 0.5) is 19.0 Å². The monoisotopic (exact) mass is 412 g/mol. The molecule has 1 saturated heterocycles. The quantitative estimate of drug-likeness (QED) is 0.785. The van der Waals surface area contributed by atoms with Gasteiger partial charge in [0.25, 0.3) is 0 Å². The number of nitrogens with one attached hydrogen (secondary N) is 1. The Morgan fingerprint density at radius 3 is 2.52 bits per heavy atom. The maximum atomic E-state index is 13.9. The molecule has 0 unspecified atom stereocenters. The molecule has 4 rings (SSSR count). The number of nitrogens with zero attached hydrogens (tertiary/aromatic N) is 3. The molecule has 8 heteroatoms. The summed E-state index contributed by atoms with van der Waals surface area (Å²) in [6.07, 6.45) is -1.78. The van der Waals surface area contributed by atoms with E-state index in [2.05, 4.69) is 17.3 Å². The van der Waals surface area contributed by atoms with Crippen LogP contribution in [0.5, 0.6) is 0 Å². The molecule has 1 aromatic rings. The summed E-state index contributed by atoms with van der Waals surface area (Å²) in [4.78, 5) is 14.5. The average molecular weight is 413 g/mol. The van der Waals surface area contributed by atoms with Crippen LogP contribution in [0, 0.1) is 17.8 Å². The number of carbonyl (C=O) groups is 1. The van der Waals surface area contributed by atoms with Crippen LogP contribution in [0.1, 0.15) is 65.1 Å². The first-order valence-corrected chi connectivity index (χ1v) is 10.7. The maximum Gasteiger partial charge on any atom is 0.410 e. The summed E-state index contributed by atoms with van der Waals surface area (Å²) in [6, 6.07) is -0.192. The van der Waals surface area contributed by atoms with Gasteiger partial charge in [0.15, 0.2) is 6.04 Å². The van der Waals surface area contributed by atoms with Crippen molar-refractivity contribution in [3.63, 3.8) is 0 Å². The Bertz CT molecular complexity index is 782. The predicted molar refractivity (Wildman–Crippen MR) is 105 cm³/mol. The van der Waals surface area contributed by atoms with Crippen LogP contribution in [0.2, 0.25) is 0 Å². The molecule has 2 aliphatic heterocycles. The van der Waals surface area contributed by atoms with Crippen LogP contribution >= 0.6 is 0 Å². The molecule has 0 spiro atoms. The van der Waals surface area contributed by atoms with Crippen LogP contribution in [-0.2, 0) is 10.2 Å². The Kier molecular flexibility index (Phi) is 4.89. The zero-order valence-corrected chi connectivity index (χ0v) is 17.6. The number of fused-ring (bicyclic) bond motifs is 1. The molecule has 162 valence electrons. The number of rotatable bonds is 2. The Hall–Kier alpha value is -1.73. The maximum absolute atomic E-state index is 13.9. The lowest BCUT2D eigenvalue weighted by molar-refractivity contribution is -0.175. The SMILES string of the molecule is C[C@H]1C[C@@H]1C(=O)N1CCC[C@H]([C@@H]2C[C@H](C(F)(F)F)n3nc(C(C)(C)C)cc3N2)C1. The number of carbonyl (C=O) groups excluding carboxylic acids is 1. The molecule has 29 heavy (non-hydrogen) atoms. The third-order valence-corrected chi connectivity index (χ3v) is 6.75. The molecule has 1 saturated carbocycles. The van der Waals surface area contributed by atoms with Gasteiger partial charge >= 0.3 is 6.18 Å². The number of piperidine rings is 1. The molecule has 1 N–H and O–H groups in total. The number of likely N-dealkylation sites (tertiary alicyclic amines) is 1. The van der Waals surface area contributed by atoms with E-state index in [1.807, 2.05) is 25.7 Å². The summed E-state index contributed by atoms with van der Waals surface area (Å²) in [6.45, 7) is 9.19. The van der Waals surface area contributed by atoms with Gasteiger partial charge in [-0.3, -0.25) is 4.79 Å². The standard InChI is InChI=1S/C21H31F3N4O/c1-12-8-14(12)19(29)27-7-5-6-13(11-27)15-9-17(21(22,23)24)28-18(25-15)10-16(26-28)20(2,3)4/h10,12-15,17,25H,5-9,11H2,1-4H3/t12-,13-,14-,15-,17+/m0/s1. The van der Waals surface area contributed by atoms with Crippen LogP contribution in [0.3, 0.4) is 0 Å². The van der Waals surface area contributed by atoms with Crippen LogP contribution in [0.15, 0.2) is 6.07 Å². The summed E-state index contributed by atoms with van der Waals surface area (Å²) in [5.74, 6) is 1.20. The van der Waals surface area contributed by atoms with Crippen molar-refractivity contribution in [2.45, 2.75) is 77.1 Å². The number of aromatic nitrogens is 2. The highest BCUT2D eigenvalue weighted by molar-refractivity contribution is 5.81. The number of alkyl halides is 3. The Morgan fingerprint density at radius 2 is 1.93 bits per heavy atom. The van der Waals surface area contributed by atoms with Gasteiger partial charge in [0.1, 0.15) is 5.82 Å². The highest BCUT2D eigenvalue weighted by Crippen LogP contribution is 2.44. The third kappa shape index (κ3) is 3.99. The normalized spacial score (nSPS) is 32.5. The van der Waals surface area contributed by atoms with E-state index < -0.39 is 12.2 Å². The van der Waals surface area contributed by atoms with E-state index in [0.29, 0.717) is 24.0 Å². The minimum atomic E-state index is -4.36. The van der Waals surface area contributed by atoms with Gasteiger partial charge in [0.2, 0.25) is 5.91 Å². The first-order valence-electron chi connectivity index (χ1n) is 10.7. The van der Waals surface area contributed by atoms with Gasteiger partial charge in [-0.1, -0.05) is 27.7 Å². The third-order valence-electron chi connectivity index (χ3n) is 6.75. The molecule has 1 aliphatic carbocycles. The van der Waals surface area contributed by atoms with Gasteiger partial charge in [-0.05, 0) is 37.5 Å².